The lowest BCUT2D eigenvalue weighted by atomic mass is 9.80. The van der Waals surface area contributed by atoms with Gasteiger partial charge in [0.25, 0.3) is 0 Å². The maximum Gasteiger partial charge on any atom is 0.0903 e. The van der Waals surface area contributed by atoms with Gasteiger partial charge < -0.3 is 10.1 Å². The van der Waals surface area contributed by atoms with Gasteiger partial charge in [0.15, 0.2) is 0 Å². The summed E-state index contributed by atoms with van der Waals surface area (Å²) in [4.78, 5) is 4.48. The minimum atomic E-state index is 0.0456. The molecule has 2 aliphatic rings. The molecule has 0 aliphatic carbocycles. The van der Waals surface area contributed by atoms with Crippen LogP contribution in [0.1, 0.15) is 29.7 Å². The number of pyridine rings is 1. The van der Waals surface area contributed by atoms with E-state index in [1.807, 2.05) is 30.5 Å². The van der Waals surface area contributed by atoms with Crippen LogP contribution in [0.5, 0.6) is 0 Å². The van der Waals surface area contributed by atoms with Gasteiger partial charge in [0.05, 0.1) is 27.7 Å². The second kappa shape index (κ2) is 5.87. The molecule has 126 valence electrons. The Morgan fingerprint density at radius 1 is 1.08 bits per heavy atom. The number of aromatic nitrogens is 1. The molecule has 1 aromatic heterocycles. The summed E-state index contributed by atoms with van der Waals surface area (Å²) in [6.45, 7) is 0.752. The molecule has 0 unspecified atom stereocenters. The van der Waals surface area contributed by atoms with E-state index in [1.165, 1.54) is 5.56 Å². The van der Waals surface area contributed by atoms with Gasteiger partial charge in [-0.3, -0.25) is 4.98 Å². The highest BCUT2D eigenvalue weighted by molar-refractivity contribution is 6.42. The van der Waals surface area contributed by atoms with Gasteiger partial charge in [-0.2, -0.15) is 0 Å². The number of fused-ring (bicyclic) bond motifs is 5. The first-order chi connectivity index (χ1) is 12.2. The third-order valence-electron chi connectivity index (χ3n) is 5.30. The van der Waals surface area contributed by atoms with Crippen LogP contribution in [0.4, 0.5) is 5.69 Å². The highest BCUT2D eigenvalue weighted by Crippen LogP contribution is 2.52. The van der Waals surface area contributed by atoms with E-state index in [1.54, 1.807) is 0 Å². The fraction of sp³-hybridized carbons (Fsp3) is 0.250. The van der Waals surface area contributed by atoms with Crippen molar-refractivity contribution >= 4 is 39.8 Å². The third kappa shape index (κ3) is 2.34. The van der Waals surface area contributed by atoms with Crippen molar-refractivity contribution in [2.45, 2.75) is 18.6 Å². The van der Waals surface area contributed by atoms with Gasteiger partial charge in [-0.05, 0) is 36.2 Å². The average Bonchev–Trinajstić information content (AvgIpc) is 3.13. The Labute approximate surface area is 155 Å². The maximum atomic E-state index is 6.52. The van der Waals surface area contributed by atoms with E-state index in [2.05, 4.69) is 28.5 Å². The van der Waals surface area contributed by atoms with Gasteiger partial charge in [-0.15, -0.1) is 0 Å². The van der Waals surface area contributed by atoms with Crippen molar-refractivity contribution in [3.63, 3.8) is 0 Å². The molecule has 3 aromatic rings. The first-order valence-corrected chi connectivity index (χ1v) is 9.19. The number of nitrogens with one attached hydrogen (secondary N) is 1. The quantitative estimate of drug-likeness (QED) is 0.588. The molecular formula is C20H16Cl2N2O. The molecule has 1 N–H and O–H groups in total. The van der Waals surface area contributed by atoms with Gasteiger partial charge in [0.2, 0.25) is 0 Å². The van der Waals surface area contributed by atoms with Crippen molar-refractivity contribution in [2.75, 3.05) is 11.9 Å². The Kier molecular flexibility index (Phi) is 3.63. The molecule has 0 bridgehead atoms. The fourth-order valence-corrected chi connectivity index (χ4v) is 4.62. The minimum Gasteiger partial charge on any atom is -0.377 e. The van der Waals surface area contributed by atoms with E-state index in [4.69, 9.17) is 27.9 Å². The lowest BCUT2D eigenvalue weighted by Crippen LogP contribution is -2.29. The number of benzene rings is 2. The SMILES string of the molecule is Clc1cccc([C@H]2Nc3ccc4ncccc4c3[C@@H]3OCC[C@H]23)c1Cl. The standard InChI is InChI=1S/C20H16Cl2N2O/c21-14-5-1-3-12(18(14)22)19-13-8-10-25-20(13)17-11-4-2-9-23-15(11)6-7-16(17)24-19/h1-7,9,13,19-20,24H,8,10H2/t13-,19-,20-/m1/s1. The predicted octanol–water partition coefficient (Wildman–Crippen LogP) is 5.79. The van der Waals surface area contributed by atoms with E-state index < -0.39 is 0 Å². The molecule has 2 aromatic carbocycles. The summed E-state index contributed by atoms with van der Waals surface area (Å²) < 4.78 is 6.17. The van der Waals surface area contributed by atoms with Crippen LogP contribution in [0, 0.1) is 5.92 Å². The van der Waals surface area contributed by atoms with Crippen LogP contribution in [0.25, 0.3) is 10.9 Å². The third-order valence-corrected chi connectivity index (χ3v) is 6.14. The molecule has 3 nitrogen and oxygen atoms in total. The van der Waals surface area contributed by atoms with Gasteiger partial charge in [-0.1, -0.05) is 41.4 Å². The van der Waals surface area contributed by atoms with Crippen molar-refractivity contribution in [3.05, 3.63) is 69.8 Å². The van der Waals surface area contributed by atoms with Crippen LogP contribution in [0.3, 0.4) is 0 Å². The number of anilines is 1. The zero-order valence-corrected chi connectivity index (χ0v) is 14.9. The Balaban J connectivity index is 1.69. The summed E-state index contributed by atoms with van der Waals surface area (Å²) >= 11 is 12.8. The van der Waals surface area contributed by atoms with Crippen LogP contribution in [-0.2, 0) is 4.74 Å². The number of halogens is 2. The first-order valence-electron chi connectivity index (χ1n) is 8.44. The van der Waals surface area contributed by atoms with Crippen LogP contribution in [0.15, 0.2) is 48.7 Å². The van der Waals surface area contributed by atoms with Gasteiger partial charge in [0.1, 0.15) is 0 Å². The highest BCUT2D eigenvalue weighted by atomic mass is 35.5. The number of hydrogen-bond donors (Lipinski definition) is 1. The molecule has 3 heterocycles. The monoisotopic (exact) mass is 370 g/mol. The number of hydrogen-bond acceptors (Lipinski definition) is 3. The normalized spacial score (nSPS) is 24.6. The van der Waals surface area contributed by atoms with Crippen LogP contribution >= 0.6 is 23.2 Å². The summed E-state index contributed by atoms with van der Waals surface area (Å²) in [5.41, 5.74) is 4.33. The molecule has 0 radical (unpaired) electrons. The Morgan fingerprint density at radius 2 is 2.00 bits per heavy atom. The largest absolute Gasteiger partial charge is 0.377 e. The molecule has 5 heteroatoms. The Hall–Kier alpha value is -1.81. The molecule has 0 saturated carbocycles. The summed E-state index contributed by atoms with van der Waals surface area (Å²) in [6.07, 6.45) is 2.86. The fourth-order valence-electron chi connectivity index (χ4n) is 4.20. The average molecular weight is 371 g/mol. The van der Waals surface area contributed by atoms with Gasteiger partial charge in [0, 0.05) is 35.4 Å². The van der Waals surface area contributed by atoms with Crippen LogP contribution < -0.4 is 5.32 Å². The van der Waals surface area contributed by atoms with Crippen molar-refractivity contribution < 1.29 is 4.74 Å². The second-order valence-electron chi connectivity index (χ2n) is 6.61. The minimum absolute atomic E-state index is 0.0456. The van der Waals surface area contributed by atoms with Crippen LogP contribution in [-0.4, -0.2) is 11.6 Å². The molecule has 1 saturated heterocycles. The first kappa shape index (κ1) is 15.4. The zero-order valence-electron chi connectivity index (χ0n) is 13.4. The van der Waals surface area contributed by atoms with Crippen molar-refractivity contribution in [2.24, 2.45) is 5.92 Å². The van der Waals surface area contributed by atoms with E-state index in [0.29, 0.717) is 16.0 Å². The molecule has 25 heavy (non-hydrogen) atoms. The highest BCUT2D eigenvalue weighted by Gasteiger charge is 2.43. The molecule has 5 rings (SSSR count). The van der Waals surface area contributed by atoms with Gasteiger partial charge in [-0.25, -0.2) is 0 Å². The van der Waals surface area contributed by atoms with E-state index in [-0.39, 0.29) is 12.1 Å². The van der Waals surface area contributed by atoms with E-state index in [9.17, 15) is 0 Å². The molecule has 3 atom stereocenters. The molecule has 0 amide bonds. The molecule has 1 fully saturated rings. The maximum absolute atomic E-state index is 6.52. The van der Waals surface area contributed by atoms with Crippen molar-refractivity contribution in [1.82, 2.24) is 4.98 Å². The number of rotatable bonds is 1. The number of ether oxygens (including phenoxy) is 1. The lowest BCUT2D eigenvalue weighted by molar-refractivity contribution is 0.0841. The topological polar surface area (TPSA) is 34.2 Å². The lowest BCUT2D eigenvalue weighted by Gasteiger charge is -2.37. The molecule has 0 spiro atoms. The smallest absolute Gasteiger partial charge is 0.0903 e. The molecule has 2 aliphatic heterocycles. The van der Waals surface area contributed by atoms with Gasteiger partial charge >= 0.3 is 0 Å². The van der Waals surface area contributed by atoms with Crippen molar-refractivity contribution in [3.8, 4) is 0 Å². The Bertz CT molecular complexity index is 975. The zero-order chi connectivity index (χ0) is 17.0. The predicted molar refractivity (Wildman–Crippen MR) is 101 cm³/mol. The summed E-state index contributed by atoms with van der Waals surface area (Å²) in [5.74, 6) is 0.314. The van der Waals surface area contributed by atoms with Crippen molar-refractivity contribution in [1.29, 1.82) is 0 Å². The van der Waals surface area contributed by atoms with E-state index >= 15 is 0 Å². The Morgan fingerprint density at radius 3 is 2.92 bits per heavy atom. The summed E-state index contributed by atoms with van der Waals surface area (Å²) in [7, 11) is 0. The number of nitrogens with zero attached hydrogens (tertiary/aromatic N) is 1. The second-order valence-corrected chi connectivity index (χ2v) is 7.39. The van der Waals surface area contributed by atoms with Crippen LogP contribution in [0.2, 0.25) is 10.0 Å². The summed E-state index contributed by atoms with van der Waals surface area (Å²) in [5, 5.41) is 6.06. The van der Waals surface area contributed by atoms with E-state index in [0.717, 1.165) is 35.2 Å². The summed E-state index contributed by atoms with van der Waals surface area (Å²) in [6, 6.07) is 14.2. The molecular weight excluding hydrogens is 355 g/mol.